The summed E-state index contributed by atoms with van der Waals surface area (Å²) in [5, 5.41) is 9.25. The molecule has 2 amide bonds. The summed E-state index contributed by atoms with van der Waals surface area (Å²) in [7, 11) is 3.13. The van der Waals surface area contributed by atoms with E-state index in [0.29, 0.717) is 34.6 Å². The normalized spacial score (nSPS) is 15.9. The summed E-state index contributed by atoms with van der Waals surface area (Å²) in [5.41, 5.74) is 2.92. The van der Waals surface area contributed by atoms with Gasteiger partial charge in [-0.3, -0.25) is 4.90 Å². The van der Waals surface area contributed by atoms with Crippen molar-refractivity contribution < 1.29 is 18.8 Å². The van der Waals surface area contributed by atoms with E-state index >= 15 is 0 Å². The van der Waals surface area contributed by atoms with E-state index in [0.717, 1.165) is 16.0 Å². The van der Waals surface area contributed by atoms with Gasteiger partial charge in [-0.15, -0.1) is 11.3 Å². The minimum absolute atomic E-state index is 0.277. The number of aromatic nitrogens is 2. The molecule has 4 aromatic rings. The van der Waals surface area contributed by atoms with E-state index in [1.54, 1.807) is 37.3 Å². The van der Waals surface area contributed by atoms with Gasteiger partial charge in [-0.25, -0.2) is 4.79 Å². The van der Waals surface area contributed by atoms with Gasteiger partial charge in [-0.05, 0) is 36.1 Å². The number of allylic oxidation sites excluding steroid dienone is 1. The molecule has 0 fully saturated rings. The number of methoxy groups -OCH3 is 2. The van der Waals surface area contributed by atoms with E-state index in [2.05, 4.69) is 15.5 Å². The maximum Gasteiger partial charge on any atom is 0.327 e. The Morgan fingerprint density at radius 3 is 2.53 bits per heavy atom. The SMILES string of the molecule is COc1ccc(N2C(=O)NC(c3ccccc3)C(c3nc(-c4cccs4)no3)=C2C)cc1OC. The first-order chi connectivity index (χ1) is 16.6. The number of hydrogen-bond donors (Lipinski definition) is 1. The van der Waals surface area contributed by atoms with Crippen molar-refractivity contribution in [2.45, 2.75) is 13.0 Å². The Morgan fingerprint density at radius 2 is 1.82 bits per heavy atom. The summed E-state index contributed by atoms with van der Waals surface area (Å²) in [6.07, 6.45) is 0. The van der Waals surface area contributed by atoms with E-state index in [1.165, 1.54) is 11.3 Å². The van der Waals surface area contributed by atoms with Crippen LogP contribution in [-0.4, -0.2) is 30.4 Å². The largest absolute Gasteiger partial charge is 0.493 e. The molecule has 0 radical (unpaired) electrons. The van der Waals surface area contributed by atoms with Crippen LogP contribution in [0.3, 0.4) is 0 Å². The zero-order valence-corrected chi connectivity index (χ0v) is 19.6. The van der Waals surface area contributed by atoms with Crippen molar-refractivity contribution in [2.75, 3.05) is 19.1 Å². The Balaban J connectivity index is 1.66. The second-order valence-electron chi connectivity index (χ2n) is 7.57. The Hall–Kier alpha value is -4.11. The number of anilines is 1. The molecule has 1 aliphatic heterocycles. The summed E-state index contributed by atoms with van der Waals surface area (Å²) in [6.45, 7) is 1.87. The number of thiophene rings is 1. The van der Waals surface area contributed by atoms with Gasteiger partial charge in [0.05, 0.1) is 36.4 Å². The van der Waals surface area contributed by atoms with Crippen molar-refractivity contribution in [2.24, 2.45) is 0 Å². The first kappa shape index (κ1) is 21.7. The lowest BCUT2D eigenvalue weighted by atomic mass is 9.94. The average Bonchev–Trinajstić information content (AvgIpc) is 3.56. The van der Waals surface area contributed by atoms with Crippen LogP contribution in [0.4, 0.5) is 10.5 Å². The van der Waals surface area contributed by atoms with Crippen molar-refractivity contribution in [1.82, 2.24) is 15.5 Å². The van der Waals surface area contributed by atoms with Crippen LogP contribution in [0.2, 0.25) is 0 Å². The number of benzene rings is 2. The molecular formula is C25H22N4O4S. The number of carbonyl (C=O) groups excluding carboxylic acids is 1. The molecule has 0 saturated heterocycles. The second kappa shape index (κ2) is 9.03. The monoisotopic (exact) mass is 474 g/mol. The fourth-order valence-corrected chi connectivity index (χ4v) is 4.68. The van der Waals surface area contributed by atoms with Gasteiger partial charge in [-0.1, -0.05) is 41.6 Å². The molecule has 1 unspecified atom stereocenters. The lowest BCUT2D eigenvalue weighted by Crippen LogP contribution is -2.46. The number of ether oxygens (including phenoxy) is 2. The first-order valence-electron chi connectivity index (χ1n) is 10.6. The molecule has 3 heterocycles. The molecule has 1 aliphatic rings. The van der Waals surface area contributed by atoms with Crippen LogP contribution in [0.5, 0.6) is 11.5 Å². The molecule has 1 N–H and O–H groups in total. The molecule has 2 aromatic carbocycles. The van der Waals surface area contributed by atoms with E-state index in [1.807, 2.05) is 54.8 Å². The van der Waals surface area contributed by atoms with Crippen molar-refractivity contribution in [3.63, 3.8) is 0 Å². The molecule has 1 atom stereocenters. The number of carbonyl (C=O) groups is 1. The second-order valence-corrected chi connectivity index (χ2v) is 8.52. The Bertz CT molecular complexity index is 1350. The molecule has 2 aromatic heterocycles. The van der Waals surface area contributed by atoms with Gasteiger partial charge < -0.3 is 19.3 Å². The third-order valence-corrected chi connectivity index (χ3v) is 6.51. The maximum absolute atomic E-state index is 13.4. The van der Waals surface area contributed by atoms with Crippen LogP contribution in [0.1, 0.15) is 24.4 Å². The minimum atomic E-state index is -0.457. The number of nitrogens with zero attached hydrogens (tertiary/aromatic N) is 3. The van der Waals surface area contributed by atoms with Gasteiger partial charge >= 0.3 is 6.03 Å². The fraction of sp³-hybridized carbons (Fsp3) is 0.160. The van der Waals surface area contributed by atoms with Crippen LogP contribution in [-0.2, 0) is 0 Å². The van der Waals surface area contributed by atoms with Gasteiger partial charge in [0, 0.05) is 11.8 Å². The highest BCUT2D eigenvalue weighted by molar-refractivity contribution is 7.13. The van der Waals surface area contributed by atoms with Crippen molar-refractivity contribution in [3.8, 4) is 22.2 Å². The van der Waals surface area contributed by atoms with Gasteiger partial charge in [0.15, 0.2) is 11.5 Å². The number of nitrogens with one attached hydrogen (secondary N) is 1. The topological polar surface area (TPSA) is 89.7 Å². The molecule has 0 aliphatic carbocycles. The smallest absolute Gasteiger partial charge is 0.327 e. The molecule has 0 bridgehead atoms. The summed E-state index contributed by atoms with van der Waals surface area (Å²) in [6, 6.07) is 18.2. The van der Waals surface area contributed by atoms with E-state index in [-0.39, 0.29) is 6.03 Å². The molecule has 8 nitrogen and oxygen atoms in total. The average molecular weight is 475 g/mol. The lowest BCUT2D eigenvalue weighted by molar-refractivity contribution is 0.244. The zero-order chi connectivity index (χ0) is 23.7. The molecular weight excluding hydrogens is 452 g/mol. The minimum Gasteiger partial charge on any atom is -0.493 e. The van der Waals surface area contributed by atoms with Crippen LogP contribution < -0.4 is 19.7 Å². The maximum atomic E-state index is 13.4. The first-order valence-corrected chi connectivity index (χ1v) is 11.4. The molecule has 9 heteroatoms. The van der Waals surface area contributed by atoms with Gasteiger partial charge in [-0.2, -0.15) is 4.98 Å². The van der Waals surface area contributed by atoms with E-state index < -0.39 is 6.04 Å². The summed E-state index contributed by atoms with van der Waals surface area (Å²) >= 11 is 1.53. The van der Waals surface area contributed by atoms with Crippen LogP contribution in [0, 0.1) is 0 Å². The van der Waals surface area contributed by atoms with Crippen LogP contribution in [0.15, 0.2) is 76.3 Å². The predicted molar refractivity (Wildman–Crippen MR) is 130 cm³/mol. The van der Waals surface area contributed by atoms with Crippen LogP contribution >= 0.6 is 11.3 Å². The number of amides is 2. The predicted octanol–water partition coefficient (Wildman–Crippen LogP) is 5.52. The third-order valence-electron chi connectivity index (χ3n) is 5.64. The lowest BCUT2D eigenvalue weighted by Gasteiger charge is -2.35. The van der Waals surface area contributed by atoms with Gasteiger partial charge in [0.1, 0.15) is 0 Å². The third kappa shape index (κ3) is 3.80. The van der Waals surface area contributed by atoms with Crippen molar-refractivity contribution in [3.05, 3.63) is 83.2 Å². The molecule has 172 valence electrons. The highest BCUT2D eigenvalue weighted by Gasteiger charge is 2.36. The zero-order valence-electron chi connectivity index (χ0n) is 18.8. The highest BCUT2D eigenvalue weighted by Crippen LogP contribution is 2.41. The van der Waals surface area contributed by atoms with E-state index in [9.17, 15) is 4.79 Å². The Morgan fingerprint density at radius 1 is 1.03 bits per heavy atom. The summed E-state index contributed by atoms with van der Waals surface area (Å²) in [5.74, 6) is 1.95. The number of rotatable bonds is 6. The Kier molecular flexibility index (Phi) is 5.77. The van der Waals surface area contributed by atoms with Gasteiger partial charge in [0.25, 0.3) is 5.89 Å². The standard InChI is InChI=1S/C25H22N4O4S/c1-15-21(24-27-23(28-33-24)20-10-7-13-34-20)22(16-8-5-4-6-9-16)26-25(30)29(15)17-11-12-18(31-2)19(14-17)32-3/h4-14,22H,1-3H3,(H,26,30). The Labute approximate surface area is 200 Å². The highest BCUT2D eigenvalue weighted by atomic mass is 32.1. The quantitative estimate of drug-likeness (QED) is 0.396. The summed E-state index contributed by atoms with van der Waals surface area (Å²) in [4.78, 5) is 20.5. The fourth-order valence-electron chi connectivity index (χ4n) is 4.03. The molecule has 0 saturated carbocycles. The van der Waals surface area contributed by atoms with E-state index in [4.69, 9.17) is 14.0 Å². The molecule has 34 heavy (non-hydrogen) atoms. The number of urea groups is 1. The molecule has 5 rings (SSSR count). The van der Waals surface area contributed by atoms with Crippen LogP contribution in [0.25, 0.3) is 16.3 Å². The molecule has 0 spiro atoms. The van der Waals surface area contributed by atoms with Crippen molar-refractivity contribution in [1.29, 1.82) is 0 Å². The number of hydrogen-bond acceptors (Lipinski definition) is 7. The summed E-state index contributed by atoms with van der Waals surface area (Å²) < 4.78 is 16.5. The van der Waals surface area contributed by atoms with Gasteiger partial charge in [0.2, 0.25) is 5.82 Å². The van der Waals surface area contributed by atoms with Crippen molar-refractivity contribution >= 4 is 28.6 Å².